The van der Waals surface area contributed by atoms with Crippen LogP contribution in [0.3, 0.4) is 0 Å². The van der Waals surface area contributed by atoms with E-state index >= 15 is 0 Å². The van der Waals surface area contributed by atoms with E-state index in [1.807, 2.05) is 11.0 Å². The van der Waals surface area contributed by atoms with E-state index in [0.29, 0.717) is 0 Å². The predicted octanol–water partition coefficient (Wildman–Crippen LogP) is 1.24. The summed E-state index contributed by atoms with van der Waals surface area (Å²) in [5.41, 5.74) is 0. The van der Waals surface area contributed by atoms with Crippen LogP contribution in [0.25, 0.3) is 0 Å². The van der Waals surface area contributed by atoms with Gasteiger partial charge in [-0.05, 0) is 6.42 Å². The van der Waals surface area contributed by atoms with Crippen LogP contribution in [0.5, 0.6) is 0 Å². The molecule has 1 aromatic heterocycles. The number of hydrogen-bond acceptors (Lipinski definition) is 2. The largest absolute Gasteiger partial charge is 0.289 e. The molecule has 1 heterocycles. The zero-order chi connectivity index (χ0) is 10.2. The van der Waals surface area contributed by atoms with Crippen molar-refractivity contribution < 1.29 is 4.68 Å². The fraction of sp³-hybridized carbons (Fsp3) is 0.800. The van der Waals surface area contributed by atoms with Crippen molar-refractivity contribution in [1.29, 1.82) is 0 Å². The van der Waals surface area contributed by atoms with E-state index in [2.05, 4.69) is 12.0 Å². The van der Waals surface area contributed by atoms with Crippen LogP contribution in [0, 0.1) is 0 Å². The minimum Gasteiger partial charge on any atom is -0.289 e. The van der Waals surface area contributed by atoms with Crippen LogP contribution in [0.1, 0.15) is 45.4 Å². The average molecular weight is 197 g/mol. The van der Waals surface area contributed by atoms with Crippen LogP contribution < -0.4 is 10.5 Å². The first-order chi connectivity index (χ1) is 6.83. The van der Waals surface area contributed by atoms with E-state index in [4.69, 9.17) is 5.84 Å². The lowest BCUT2D eigenvalue weighted by Gasteiger charge is -1.97. The number of rotatable bonds is 7. The Morgan fingerprint density at radius 2 is 1.93 bits per heavy atom. The van der Waals surface area contributed by atoms with Crippen LogP contribution >= 0.6 is 0 Å². The fourth-order valence-electron chi connectivity index (χ4n) is 1.51. The summed E-state index contributed by atoms with van der Waals surface area (Å²) in [5, 5.41) is 4.10. The fourth-order valence-corrected chi connectivity index (χ4v) is 1.51. The Hall–Kier alpha value is -1.06. The highest BCUT2D eigenvalue weighted by Gasteiger charge is 2.01. The topological polar surface area (TPSA) is 47.7 Å². The van der Waals surface area contributed by atoms with Crippen LogP contribution in [0.2, 0.25) is 0 Å². The molecule has 0 saturated heterocycles. The van der Waals surface area contributed by atoms with Gasteiger partial charge in [0.05, 0.1) is 0 Å². The summed E-state index contributed by atoms with van der Waals surface area (Å²) in [6, 6.07) is 0. The van der Waals surface area contributed by atoms with Crippen molar-refractivity contribution in [2.24, 2.45) is 0 Å². The monoisotopic (exact) mass is 197 g/mol. The van der Waals surface area contributed by atoms with E-state index in [-0.39, 0.29) is 0 Å². The normalized spacial score (nSPS) is 10.6. The molecule has 0 aliphatic carbocycles. The molecule has 0 fully saturated rings. The smallest absolute Gasteiger partial charge is 0.286 e. The second-order valence-electron chi connectivity index (χ2n) is 3.72. The van der Waals surface area contributed by atoms with Gasteiger partial charge in [0, 0.05) is 5.10 Å². The van der Waals surface area contributed by atoms with Crippen molar-refractivity contribution in [2.75, 3.05) is 5.84 Å². The maximum atomic E-state index is 5.48. The highest BCUT2D eigenvalue weighted by atomic mass is 15.4. The molecule has 1 aromatic rings. The van der Waals surface area contributed by atoms with E-state index < -0.39 is 0 Å². The zero-order valence-corrected chi connectivity index (χ0v) is 9.02. The summed E-state index contributed by atoms with van der Waals surface area (Å²) in [4.78, 5) is 0. The number of unbranched alkanes of at least 4 members (excludes halogenated alkanes) is 5. The first-order valence-corrected chi connectivity index (χ1v) is 5.51. The van der Waals surface area contributed by atoms with Gasteiger partial charge in [0.1, 0.15) is 6.54 Å². The lowest BCUT2D eigenvalue weighted by Crippen LogP contribution is -2.42. The Bertz CT molecular complexity index is 244. The van der Waals surface area contributed by atoms with Gasteiger partial charge in [0.15, 0.2) is 0 Å². The van der Waals surface area contributed by atoms with E-state index in [1.54, 1.807) is 6.33 Å². The van der Waals surface area contributed by atoms with Crippen LogP contribution in [0.4, 0.5) is 0 Å². The number of nitrogen functional groups attached to an aromatic ring is 1. The van der Waals surface area contributed by atoms with Crippen LogP contribution in [-0.4, -0.2) is 9.78 Å². The Morgan fingerprint density at radius 1 is 1.21 bits per heavy atom. The van der Waals surface area contributed by atoms with E-state index in [0.717, 1.165) is 6.54 Å². The Morgan fingerprint density at radius 3 is 2.57 bits per heavy atom. The Labute approximate surface area is 85.7 Å². The molecule has 0 atom stereocenters. The summed E-state index contributed by atoms with van der Waals surface area (Å²) in [7, 11) is 0. The summed E-state index contributed by atoms with van der Waals surface area (Å²) in [6.07, 6.45) is 11.3. The van der Waals surface area contributed by atoms with Gasteiger partial charge in [-0.25, -0.2) is 0 Å². The maximum absolute atomic E-state index is 5.48. The molecule has 14 heavy (non-hydrogen) atoms. The SMILES string of the molecule is CCCCCCCCn1c[n+](N)cn1. The summed E-state index contributed by atoms with van der Waals surface area (Å²) < 4.78 is 3.37. The third-order valence-corrected chi connectivity index (χ3v) is 2.34. The lowest BCUT2D eigenvalue weighted by atomic mass is 10.1. The third-order valence-electron chi connectivity index (χ3n) is 2.34. The molecule has 0 unspecified atom stereocenters. The molecule has 1 rings (SSSR count). The van der Waals surface area contributed by atoms with Crippen molar-refractivity contribution >= 4 is 0 Å². The molecule has 0 spiro atoms. The molecule has 0 aliphatic rings. The second-order valence-corrected chi connectivity index (χ2v) is 3.72. The molecule has 0 aliphatic heterocycles. The van der Waals surface area contributed by atoms with Gasteiger partial charge in [-0.3, -0.25) is 5.84 Å². The number of nitrogens with zero attached hydrogens (tertiary/aromatic N) is 3. The van der Waals surface area contributed by atoms with Crippen molar-refractivity contribution in [3.05, 3.63) is 12.7 Å². The minimum absolute atomic E-state index is 0.982. The first kappa shape index (κ1) is 11.0. The van der Waals surface area contributed by atoms with Gasteiger partial charge in [0.25, 0.3) is 6.33 Å². The maximum Gasteiger partial charge on any atom is 0.286 e. The molecule has 0 aromatic carbocycles. The van der Waals surface area contributed by atoms with E-state index in [9.17, 15) is 0 Å². The number of hydrogen-bond donors (Lipinski definition) is 1. The molecule has 4 nitrogen and oxygen atoms in total. The highest BCUT2D eigenvalue weighted by molar-refractivity contribution is 4.48. The number of aryl methyl sites for hydroxylation is 1. The average Bonchev–Trinajstić information content (AvgIpc) is 2.58. The highest BCUT2D eigenvalue weighted by Crippen LogP contribution is 2.05. The van der Waals surface area contributed by atoms with Crippen molar-refractivity contribution in [2.45, 2.75) is 52.0 Å². The second kappa shape index (κ2) is 6.40. The standard InChI is InChI=1S/C10H21N4/c1-2-3-4-5-6-7-8-14-10-13(11)9-12-14/h9-10H,2-8,11H2,1H3/q+1. The van der Waals surface area contributed by atoms with E-state index in [1.165, 1.54) is 43.2 Å². The molecule has 80 valence electrons. The molecule has 0 saturated carbocycles. The van der Waals surface area contributed by atoms with Gasteiger partial charge in [-0.2, -0.15) is 0 Å². The van der Waals surface area contributed by atoms with Gasteiger partial charge < -0.3 is 0 Å². The molecular formula is C10H21N4+. The lowest BCUT2D eigenvalue weighted by molar-refractivity contribution is -0.639. The first-order valence-electron chi connectivity index (χ1n) is 5.51. The van der Waals surface area contributed by atoms with Crippen LogP contribution in [0.15, 0.2) is 12.7 Å². The number of nitrogens with two attached hydrogens (primary N) is 1. The molecule has 0 radical (unpaired) electrons. The van der Waals surface area contributed by atoms with Crippen molar-refractivity contribution in [3.63, 3.8) is 0 Å². The summed E-state index contributed by atoms with van der Waals surface area (Å²) in [5.74, 6) is 5.48. The van der Waals surface area contributed by atoms with Crippen LogP contribution in [-0.2, 0) is 6.54 Å². The molecule has 0 amide bonds. The zero-order valence-electron chi connectivity index (χ0n) is 9.02. The van der Waals surface area contributed by atoms with Gasteiger partial charge in [-0.15, -0.1) is 9.36 Å². The van der Waals surface area contributed by atoms with Gasteiger partial charge in [0.2, 0.25) is 6.33 Å². The van der Waals surface area contributed by atoms with Crippen molar-refractivity contribution in [3.8, 4) is 0 Å². The third kappa shape index (κ3) is 4.25. The predicted molar refractivity (Wildman–Crippen MR) is 55.9 cm³/mol. The van der Waals surface area contributed by atoms with Gasteiger partial charge in [-0.1, -0.05) is 39.0 Å². The molecule has 4 heteroatoms. The Kier molecular flexibility index (Phi) is 5.04. The molecular weight excluding hydrogens is 176 g/mol. The quantitative estimate of drug-likeness (QED) is 0.406. The van der Waals surface area contributed by atoms with Crippen molar-refractivity contribution in [1.82, 2.24) is 9.78 Å². The molecule has 0 bridgehead atoms. The Balaban J connectivity index is 1.99. The number of aromatic nitrogens is 3. The van der Waals surface area contributed by atoms with Gasteiger partial charge >= 0.3 is 0 Å². The minimum atomic E-state index is 0.982. The summed E-state index contributed by atoms with van der Waals surface area (Å²) in [6.45, 7) is 3.22. The summed E-state index contributed by atoms with van der Waals surface area (Å²) >= 11 is 0. The molecule has 2 N–H and O–H groups in total.